The van der Waals surface area contributed by atoms with Gasteiger partial charge in [-0.2, -0.15) is 0 Å². The zero-order chi connectivity index (χ0) is 24.9. The van der Waals surface area contributed by atoms with Crippen LogP contribution < -0.4 is 0 Å². The number of carbonyl (C=O) groups is 3. The second kappa shape index (κ2) is 10.8. The van der Waals surface area contributed by atoms with Crippen molar-refractivity contribution in [3.05, 3.63) is 82.3 Å². The van der Waals surface area contributed by atoms with Gasteiger partial charge in [0.25, 0.3) is 5.91 Å². The minimum Gasteiger partial charge on any atom is -0.463 e. The average Bonchev–Trinajstić information content (AvgIpc) is 2.86. The van der Waals surface area contributed by atoms with E-state index in [4.69, 9.17) is 9.47 Å². The van der Waals surface area contributed by atoms with Crippen molar-refractivity contribution in [2.24, 2.45) is 0 Å². The molecule has 2 aliphatic rings. The third-order valence-corrected chi connectivity index (χ3v) is 6.38. The minimum atomic E-state index is -0.595. The molecule has 0 spiro atoms. The summed E-state index contributed by atoms with van der Waals surface area (Å²) in [5.41, 5.74) is 2.68. The molecule has 7 nitrogen and oxygen atoms in total. The lowest BCUT2D eigenvalue weighted by Crippen LogP contribution is -2.40. The summed E-state index contributed by atoms with van der Waals surface area (Å²) >= 11 is 0. The lowest BCUT2D eigenvalue weighted by Gasteiger charge is -2.34. The van der Waals surface area contributed by atoms with Gasteiger partial charge in [0.1, 0.15) is 5.82 Å². The zero-order valence-corrected chi connectivity index (χ0v) is 20.0. The molecule has 2 aromatic rings. The first-order valence-corrected chi connectivity index (χ1v) is 11.8. The van der Waals surface area contributed by atoms with Gasteiger partial charge in [-0.15, -0.1) is 0 Å². The molecule has 1 saturated heterocycles. The van der Waals surface area contributed by atoms with Crippen LogP contribution in [0.25, 0.3) is 0 Å². The van der Waals surface area contributed by atoms with Crippen molar-refractivity contribution in [1.29, 1.82) is 0 Å². The lowest BCUT2D eigenvalue weighted by molar-refractivity contribution is -0.140. The summed E-state index contributed by atoms with van der Waals surface area (Å²) < 4.78 is 24.6. The van der Waals surface area contributed by atoms with E-state index >= 15 is 0 Å². The highest BCUT2D eigenvalue weighted by atomic mass is 19.1. The van der Waals surface area contributed by atoms with E-state index in [2.05, 4.69) is 0 Å². The molecule has 0 aromatic heterocycles. The normalized spacial score (nSPS) is 18.6. The number of morpholine rings is 1. The van der Waals surface area contributed by atoms with E-state index in [1.165, 1.54) is 12.1 Å². The molecule has 184 valence electrons. The molecule has 35 heavy (non-hydrogen) atoms. The van der Waals surface area contributed by atoms with Crippen molar-refractivity contribution in [2.45, 2.75) is 32.7 Å². The molecular formula is C27H29FN2O5. The quantitative estimate of drug-likeness (QED) is 0.590. The number of allylic oxidation sites excluding steroid dienone is 1. The Balaban J connectivity index is 1.64. The first-order chi connectivity index (χ1) is 16.9. The monoisotopic (exact) mass is 480 g/mol. The van der Waals surface area contributed by atoms with E-state index in [0.29, 0.717) is 48.7 Å². The van der Waals surface area contributed by atoms with Crippen LogP contribution in [-0.2, 0) is 25.6 Å². The summed E-state index contributed by atoms with van der Waals surface area (Å²) in [4.78, 5) is 42.4. The van der Waals surface area contributed by atoms with Gasteiger partial charge >= 0.3 is 5.97 Å². The zero-order valence-electron chi connectivity index (χ0n) is 20.0. The minimum absolute atomic E-state index is 0.0152. The van der Waals surface area contributed by atoms with E-state index in [-0.39, 0.29) is 31.4 Å². The van der Waals surface area contributed by atoms with Crippen LogP contribution >= 0.6 is 0 Å². The number of halogens is 1. The Morgan fingerprint density at radius 3 is 2.57 bits per heavy atom. The van der Waals surface area contributed by atoms with E-state index in [1.54, 1.807) is 54.0 Å². The molecule has 8 heteroatoms. The first-order valence-electron chi connectivity index (χ1n) is 11.8. The molecule has 4 rings (SSSR count). The van der Waals surface area contributed by atoms with E-state index < -0.39 is 17.7 Å². The van der Waals surface area contributed by atoms with Crippen LogP contribution in [-0.4, -0.2) is 60.5 Å². The number of esters is 1. The van der Waals surface area contributed by atoms with Crippen LogP contribution in [0.15, 0.2) is 59.8 Å². The van der Waals surface area contributed by atoms with Gasteiger partial charge in [-0.1, -0.05) is 24.3 Å². The van der Waals surface area contributed by atoms with Gasteiger partial charge in [0.05, 0.1) is 31.9 Å². The van der Waals surface area contributed by atoms with E-state index in [0.717, 1.165) is 5.56 Å². The van der Waals surface area contributed by atoms with Crippen LogP contribution in [0.2, 0.25) is 0 Å². The number of carbonyl (C=O) groups excluding carboxylic acids is 3. The summed E-state index contributed by atoms with van der Waals surface area (Å²) in [7, 11) is 0. The smallest absolute Gasteiger partial charge is 0.336 e. The third-order valence-electron chi connectivity index (χ3n) is 6.38. The molecule has 0 aliphatic carbocycles. The maximum atomic E-state index is 13.9. The molecule has 1 fully saturated rings. The van der Waals surface area contributed by atoms with Crippen molar-refractivity contribution < 1.29 is 28.2 Å². The Labute approximate surface area is 204 Å². The van der Waals surface area contributed by atoms with Crippen LogP contribution in [0.1, 0.15) is 47.7 Å². The van der Waals surface area contributed by atoms with Gasteiger partial charge in [0, 0.05) is 36.7 Å². The Bertz CT molecular complexity index is 1160. The molecule has 0 radical (unpaired) electrons. The van der Waals surface area contributed by atoms with Gasteiger partial charge in [-0.3, -0.25) is 9.59 Å². The number of ether oxygens (including phenoxy) is 2. The fourth-order valence-corrected chi connectivity index (χ4v) is 4.62. The topological polar surface area (TPSA) is 76.2 Å². The molecule has 2 aromatic carbocycles. The maximum absolute atomic E-state index is 13.9. The Morgan fingerprint density at radius 2 is 1.86 bits per heavy atom. The number of amides is 2. The molecule has 1 unspecified atom stereocenters. The standard InChI is InChI=1S/C27H29FN2O5/c1-3-35-27(33)25-18(2)30(24(31)16-23(25)20-7-5-9-22(28)15-20)17-19-6-4-8-21(14-19)26(32)29-10-12-34-13-11-29/h4-9,14-15,23H,3,10-13,16-17H2,1-2H3. The Kier molecular flexibility index (Phi) is 7.60. The van der Waals surface area contributed by atoms with Crippen molar-refractivity contribution in [3.63, 3.8) is 0 Å². The van der Waals surface area contributed by atoms with Crippen molar-refractivity contribution in [3.8, 4) is 0 Å². The van der Waals surface area contributed by atoms with Gasteiger partial charge in [0.2, 0.25) is 5.91 Å². The Hall–Kier alpha value is -3.52. The summed E-state index contributed by atoms with van der Waals surface area (Å²) in [6.45, 7) is 5.92. The highest BCUT2D eigenvalue weighted by Gasteiger charge is 2.37. The summed E-state index contributed by atoms with van der Waals surface area (Å²) in [5.74, 6) is -1.81. The third kappa shape index (κ3) is 5.43. The van der Waals surface area contributed by atoms with Gasteiger partial charge < -0.3 is 19.3 Å². The van der Waals surface area contributed by atoms with Gasteiger partial charge in [-0.25, -0.2) is 9.18 Å². The van der Waals surface area contributed by atoms with Gasteiger partial charge in [0.15, 0.2) is 0 Å². The maximum Gasteiger partial charge on any atom is 0.336 e. The van der Waals surface area contributed by atoms with E-state index in [1.807, 2.05) is 6.07 Å². The Morgan fingerprint density at radius 1 is 1.11 bits per heavy atom. The van der Waals surface area contributed by atoms with Crippen molar-refractivity contribution >= 4 is 17.8 Å². The number of hydrogen-bond acceptors (Lipinski definition) is 5. The highest BCUT2D eigenvalue weighted by Crippen LogP contribution is 2.38. The second-order valence-electron chi connectivity index (χ2n) is 8.62. The predicted octanol–water partition coefficient (Wildman–Crippen LogP) is 3.65. The van der Waals surface area contributed by atoms with Gasteiger partial charge in [-0.05, 0) is 49.2 Å². The second-order valence-corrected chi connectivity index (χ2v) is 8.62. The van der Waals surface area contributed by atoms with E-state index in [9.17, 15) is 18.8 Å². The largest absolute Gasteiger partial charge is 0.463 e. The molecule has 0 N–H and O–H groups in total. The molecule has 2 aliphatic heterocycles. The van der Waals surface area contributed by atoms with Crippen LogP contribution in [0, 0.1) is 5.82 Å². The van der Waals surface area contributed by atoms with Crippen LogP contribution in [0.4, 0.5) is 4.39 Å². The highest BCUT2D eigenvalue weighted by molar-refractivity contribution is 5.96. The number of rotatable bonds is 6. The summed E-state index contributed by atoms with van der Waals surface area (Å²) in [5, 5.41) is 0. The first kappa shape index (κ1) is 24.6. The molecule has 2 heterocycles. The molecule has 0 saturated carbocycles. The SMILES string of the molecule is CCOC(=O)C1=C(C)N(Cc2cccc(C(=O)N3CCOCC3)c2)C(=O)CC1c1cccc(F)c1. The number of nitrogens with zero attached hydrogens (tertiary/aromatic N) is 2. The molecular weight excluding hydrogens is 451 g/mol. The average molecular weight is 481 g/mol. The summed E-state index contributed by atoms with van der Waals surface area (Å²) in [6, 6.07) is 13.1. The fourth-order valence-electron chi connectivity index (χ4n) is 4.62. The van der Waals surface area contributed by atoms with Crippen LogP contribution in [0.5, 0.6) is 0 Å². The summed E-state index contributed by atoms with van der Waals surface area (Å²) in [6.07, 6.45) is 0.0152. The van der Waals surface area contributed by atoms with Crippen molar-refractivity contribution in [2.75, 3.05) is 32.9 Å². The van der Waals surface area contributed by atoms with Crippen LogP contribution in [0.3, 0.4) is 0 Å². The number of hydrogen-bond donors (Lipinski definition) is 0. The lowest BCUT2D eigenvalue weighted by atomic mass is 9.83. The molecule has 0 bridgehead atoms. The van der Waals surface area contributed by atoms with Crippen molar-refractivity contribution in [1.82, 2.24) is 9.80 Å². The fraction of sp³-hybridized carbons (Fsp3) is 0.370. The molecule has 2 amide bonds. The number of benzene rings is 2. The molecule has 1 atom stereocenters. The predicted molar refractivity (Wildman–Crippen MR) is 127 cm³/mol.